The molecule has 0 heterocycles. The molecule has 0 aromatic rings. The minimum absolute atomic E-state index is 0.367. The van der Waals surface area contributed by atoms with Crippen molar-refractivity contribution in [3.63, 3.8) is 0 Å². The average Bonchev–Trinajstić information content (AvgIpc) is 2.28. The van der Waals surface area contributed by atoms with E-state index < -0.39 is 17.4 Å². The zero-order valence-electron chi connectivity index (χ0n) is 10.4. The Morgan fingerprint density at radius 1 is 1.12 bits per heavy atom. The highest BCUT2D eigenvalue weighted by molar-refractivity contribution is 5.99. The van der Waals surface area contributed by atoms with E-state index in [2.05, 4.69) is 4.74 Å². The van der Waals surface area contributed by atoms with Crippen LogP contribution in [-0.2, 0) is 14.3 Å². The Balaban J connectivity index is 4.88. The summed E-state index contributed by atoms with van der Waals surface area (Å²) in [6, 6.07) is 0. The fourth-order valence-corrected chi connectivity index (χ4v) is 1.78. The van der Waals surface area contributed by atoms with E-state index in [-0.39, 0.29) is 0 Å². The lowest BCUT2D eigenvalue weighted by atomic mass is 9.78. The summed E-state index contributed by atoms with van der Waals surface area (Å²) in [6.45, 7) is 3.95. The highest BCUT2D eigenvalue weighted by Crippen LogP contribution is 2.33. The predicted molar refractivity (Wildman–Crippen MR) is 61.1 cm³/mol. The number of esters is 1. The lowest BCUT2D eigenvalue weighted by molar-refractivity contribution is -0.168. The molecule has 0 aromatic heterocycles. The molecule has 0 saturated carbocycles. The first-order valence-electron chi connectivity index (χ1n) is 5.87. The molecule has 0 bridgehead atoms. The van der Waals surface area contributed by atoms with Crippen molar-refractivity contribution in [3.8, 4) is 0 Å². The van der Waals surface area contributed by atoms with E-state index in [1.54, 1.807) is 0 Å². The zero-order chi connectivity index (χ0) is 12.6. The first-order valence-corrected chi connectivity index (χ1v) is 5.87. The number of methoxy groups -OCH3 is 1. The number of rotatable bonds is 8. The van der Waals surface area contributed by atoms with Crippen molar-refractivity contribution in [2.45, 2.75) is 52.4 Å². The molecule has 0 spiro atoms. The molecule has 0 aliphatic heterocycles. The van der Waals surface area contributed by atoms with Crippen molar-refractivity contribution < 1.29 is 19.4 Å². The maximum Gasteiger partial charge on any atom is 0.323 e. The maximum atomic E-state index is 11.7. The van der Waals surface area contributed by atoms with E-state index in [4.69, 9.17) is 0 Å². The van der Waals surface area contributed by atoms with Gasteiger partial charge in [-0.2, -0.15) is 0 Å². The third-order valence-corrected chi connectivity index (χ3v) is 2.90. The second-order valence-corrected chi connectivity index (χ2v) is 4.09. The molecule has 94 valence electrons. The van der Waals surface area contributed by atoms with Gasteiger partial charge in [0.25, 0.3) is 0 Å². The molecule has 0 aromatic carbocycles. The molecular formula is C12H22O4. The maximum absolute atomic E-state index is 11.7. The van der Waals surface area contributed by atoms with Crippen LogP contribution >= 0.6 is 0 Å². The van der Waals surface area contributed by atoms with Crippen LogP contribution in [0.3, 0.4) is 0 Å². The van der Waals surface area contributed by atoms with Crippen molar-refractivity contribution in [3.05, 3.63) is 0 Å². The highest BCUT2D eigenvalue weighted by Gasteiger charge is 2.45. The van der Waals surface area contributed by atoms with Crippen LogP contribution in [0.15, 0.2) is 0 Å². The quantitative estimate of drug-likeness (QED) is 0.514. The van der Waals surface area contributed by atoms with Gasteiger partial charge < -0.3 is 9.84 Å². The summed E-state index contributed by atoms with van der Waals surface area (Å²) in [5.74, 6) is -1.66. The summed E-state index contributed by atoms with van der Waals surface area (Å²) < 4.78 is 4.65. The molecule has 0 fully saturated rings. The van der Waals surface area contributed by atoms with Crippen LogP contribution in [0.1, 0.15) is 52.4 Å². The summed E-state index contributed by atoms with van der Waals surface area (Å²) in [5, 5.41) is 9.28. The minimum Gasteiger partial charge on any atom is -0.480 e. The molecule has 0 aliphatic rings. The summed E-state index contributed by atoms with van der Waals surface area (Å²) >= 11 is 0. The van der Waals surface area contributed by atoms with E-state index in [1.807, 2.05) is 13.8 Å². The van der Waals surface area contributed by atoms with Gasteiger partial charge in [0.1, 0.15) is 0 Å². The van der Waals surface area contributed by atoms with Crippen LogP contribution in [0.5, 0.6) is 0 Å². The number of carboxylic acids is 1. The smallest absolute Gasteiger partial charge is 0.323 e. The minimum atomic E-state index is -1.33. The van der Waals surface area contributed by atoms with Gasteiger partial charge in [0.2, 0.25) is 0 Å². The van der Waals surface area contributed by atoms with Crippen LogP contribution in [0.25, 0.3) is 0 Å². The molecule has 0 rings (SSSR count). The lowest BCUT2D eigenvalue weighted by Crippen LogP contribution is -2.40. The Morgan fingerprint density at radius 2 is 1.56 bits per heavy atom. The van der Waals surface area contributed by atoms with Gasteiger partial charge in [-0.05, 0) is 12.8 Å². The molecule has 1 N–H and O–H groups in total. The summed E-state index contributed by atoms with van der Waals surface area (Å²) in [7, 11) is 1.25. The topological polar surface area (TPSA) is 63.6 Å². The number of carbonyl (C=O) groups excluding carboxylic acids is 1. The average molecular weight is 230 g/mol. The van der Waals surface area contributed by atoms with E-state index in [9.17, 15) is 14.7 Å². The first-order chi connectivity index (χ1) is 7.55. The number of unbranched alkanes of at least 4 members (excludes halogenated alkanes) is 2. The van der Waals surface area contributed by atoms with Crippen molar-refractivity contribution in [1.29, 1.82) is 0 Å². The standard InChI is InChI=1S/C12H22O4/c1-4-6-8-12(10(13)14,9-7-5-2)11(15)16-3/h4-9H2,1-3H3,(H,13,14). The van der Waals surface area contributed by atoms with E-state index in [0.29, 0.717) is 12.8 Å². The van der Waals surface area contributed by atoms with Gasteiger partial charge in [-0.1, -0.05) is 39.5 Å². The van der Waals surface area contributed by atoms with Gasteiger partial charge in [0.05, 0.1) is 7.11 Å². The molecule has 4 heteroatoms. The molecule has 0 unspecified atom stereocenters. The number of aliphatic carboxylic acids is 1. The van der Waals surface area contributed by atoms with E-state index in [0.717, 1.165) is 25.7 Å². The van der Waals surface area contributed by atoms with E-state index in [1.165, 1.54) is 7.11 Å². The van der Waals surface area contributed by atoms with Crippen LogP contribution < -0.4 is 0 Å². The normalized spacial score (nSPS) is 11.2. The Bertz CT molecular complexity index is 227. The second-order valence-electron chi connectivity index (χ2n) is 4.09. The highest BCUT2D eigenvalue weighted by atomic mass is 16.5. The van der Waals surface area contributed by atoms with Gasteiger partial charge in [-0.15, -0.1) is 0 Å². The SMILES string of the molecule is CCCCC(CCCC)(C(=O)O)C(=O)OC. The number of ether oxygens (including phenoxy) is 1. The van der Waals surface area contributed by atoms with Crippen molar-refractivity contribution in [2.24, 2.45) is 5.41 Å². The lowest BCUT2D eigenvalue weighted by Gasteiger charge is -2.26. The van der Waals surface area contributed by atoms with Gasteiger partial charge in [-0.3, -0.25) is 9.59 Å². The number of carboxylic acid groups (broad SMARTS) is 1. The molecule has 0 saturated heterocycles. The summed E-state index contributed by atoms with van der Waals surface area (Å²) in [6.07, 6.45) is 3.93. The van der Waals surface area contributed by atoms with Gasteiger partial charge in [0.15, 0.2) is 5.41 Å². The third kappa shape index (κ3) is 3.51. The molecular weight excluding hydrogens is 208 g/mol. The first kappa shape index (κ1) is 14.9. The summed E-state index contributed by atoms with van der Waals surface area (Å²) in [5.41, 5.74) is -1.33. The van der Waals surface area contributed by atoms with Crippen LogP contribution in [-0.4, -0.2) is 24.2 Å². The van der Waals surface area contributed by atoms with Crippen LogP contribution in [0.4, 0.5) is 0 Å². The number of carbonyl (C=O) groups is 2. The predicted octanol–water partition coefficient (Wildman–Crippen LogP) is 2.61. The Hall–Kier alpha value is -1.06. The Kier molecular flexibility index (Phi) is 6.77. The van der Waals surface area contributed by atoms with Crippen LogP contribution in [0, 0.1) is 5.41 Å². The monoisotopic (exact) mass is 230 g/mol. The van der Waals surface area contributed by atoms with E-state index >= 15 is 0 Å². The summed E-state index contributed by atoms with van der Waals surface area (Å²) in [4.78, 5) is 23.0. The molecule has 0 amide bonds. The fourth-order valence-electron chi connectivity index (χ4n) is 1.78. The van der Waals surface area contributed by atoms with Crippen molar-refractivity contribution >= 4 is 11.9 Å². The van der Waals surface area contributed by atoms with Crippen LogP contribution in [0.2, 0.25) is 0 Å². The second kappa shape index (κ2) is 7.25. The largest absolute Gasteiger partial charge is 0.480 e. The van der Waals surface area contributed by atoms with Gasteiger partial charge in [-0.25, -0.2) is 0 Å². The number of hydrogen-bond acceptors (Lipinski definition) is 3. The molecule has 4 nitrogen and oxygen atoms in total. The third-order valence-electron chi connectivity index (χ3n) is 2.90. The molecule has 0 aliphatic carbocycles. The fraction of sp³-hybridized carbons (Fsp3) is 0.833. The molecule has 16 heavy (non-hydrogen) atoms. The molecule has 0 atom stereocenters. The molecule has 0 radical (unpaired) electrons. The van der Waals surface area contributed by atoms with Gasteiger partial charge in [0, 0.05) is 0 Å². The zero-order valence-corrected chi connectivity index (χ0v) is 10.4. The number of hydrogen-bond donors (Lipinski definition) is 1. The van der Waals surface area contributed by atoms with Gasteiger partial charge >= 0.3 is 11.9 Å². The Morgan fingerprint density at radius 3 is 1.81 bits per heavy atom. The van der Waals surface area contributed by atoms with Crippen molar-refractivity contribution in [2.75, 3.05) is 7.11 Å². The Labute approximate surface area is 97.0 Å². The van der Waals surface area contributed by atoms with Crippen molar-refractivity contribution in [1.82, 2.24) is 0 Å².